The highest BCUT2D eigenvalue weighted by Gasteiger charge is 2.05. The highest BCUT2D eigenvalue weighted by molar-refractivity contribution is 6.16. The molecular weight excluding hydrogens is 257 g/mol. The number of alkyl halides is 1. The standard InChI is InChI=1S/C12H7ClFN3O/c13-6-11-12(18)1-2-17(16-11)10-4-8(7-15)3-9(14)5-10/h1-5H,6H2. The minimum atomic E-state index is -0.544. The average molecular weight is 264 g/mol. The SMILES string of the molecule is N#Cc1cc(F)cc(-n2ccc(=O)c(CCl)n2)c1. The Morgan fingerprint density at radius 1 is 1.44 bits per heavy atom. The van der Waals surface area contributed by atoms with Crippen LogP contribution in [-0.2, 0) is 5.88 Å². The van der Waals surface area contributed by atoms with Crippen molar-refractivity contribution >= 4 is 11.6 Å². The predicted octanol–water partition coefficient (Wildman–Crippen LogP) is 1.98. The Labute approximate surface area is 107 Å². The van der Waals surface area contributed by atoms with Gasteiger partial charge in [0.05, 0.1) is 23.2 Å². The summed E-state index contributed by atoms with van der Waals surface area (Å²) in [6.45, 7) is 0. The maximum absolute atomic E-state index is 13.3. The van der Waals surface area contributed by atoms with Crippen LogP contribution in [0.4, 0.5) is 4.39 Å². The van der Waals surface area contributed by atoms with Crippen LogP contribution < -0.4 is 5.43 Å². The molecule has 2 rings (SSSR count). The Morgan fingerprint density at radius 2 is 2.22 bits per heavy atom. The lowest BCUT2D eigenvalue weighted by molar-refractivity contribution is 0.624. The van der Waals surface area contributed by atoms with Crippen LogP contribution in [0, 0.1) is 17.1 Å². The molecule has 0 fully saturated rings. The lowest BCUT2D eigenvalue weighted by Crippen LogP contribution is -2.14. The van der Waals surface area contributed by atoms with E-state index < -0.39 is 5.82 Å². The van der Waals surface area contributed by atoms with Crippen LogP contribution in [0.3, 0.4) is 0 Å². The fraction of sp³-hybridized carbons (Fsp3) is 0.0833. The van der Waals surface area contributed by atoms with E-state index in [2.05, 4.69) is 5.10 Å². The zero-order chi connectivity index (χ0) is 13.1. The summed E-state index contributed by atoms with van der Waals surface area (Å²) in [6.07, 6.45) is 1.40. The first kappa shape index (κ1) is 12.3. The molecule has 90 valence electrons. The van der Waals surface area contributed by atoms with Crippen molar-refractivity contribution in [3.05, 3.63) is 57.8 Å². The summed E-state index contributed by atoms with van der Waals surface area (Å²) in [7, 11) is 0. The average Bonchev–Trinajstić information content (AvgIpc) is 2.38. The number of hydrogen-bond acceptors (Lipinski definition) is 3. The number of halogens is 2. The lowest BCUT2D eigenvalue weighted by atomic mass is 10.2. The van der Waals surface area contributed by atoms with Gasteiger partial charge in [-0.25, -0.2) is 9.07 Å². The molecule has 0 amide bonds. The fourth-order valence-corrected chi connectivity index (χ4v) is 1.64. The largest absolute Gasteiger partial charge is 0.288 e. The molecule has 0 N–H and O–H groups in total. The molecule has 0 radical (unpaired) electrons. The molecule has 0 spiro atoms. The Morgan fingerprint density at radius 3 is 2.89 bits per heavy atom. The minimum absolute atomic E-state index is 0.0277. The van der Waals surface area contributed by atoms with Gasteiger partial charge in [-0.2, -0.15) is 10.4 Å². The van der Waals surface area contributed by atoms with Gasteiger partial charge in [0.1, 0.15) is 11.5 Å². The molecular formula is C12H7ClFN3O. The molecule has 0 aliphatic rings. The summed E-state index contributed by atoms with van der Waals surface area (Å²) in [5.41, 5.74) is 0.427. The molecule has 2 aromatic rings. The second-order valence-corrected chi connectivity index (χ2v) is 3.78. The first-order valence-corrected chi connectivity index (χ1v) is 5.53. The van der Waals surface area contributed by atoms with Crippen LogP contribution >= 0.6 is 11.6 Å². The molecule has 0 saturated carbocycles. The summed E-state index contributed by atoms with van der Waals surface area (Å²) < 4.78 is 14.6. The van der Waals surface area contributed by atoms with E-state index in [1.807, 2.05) is 6.07 Å². The summed E-state index contributed by atoms with van der Waals surface area (Å²) in [6, 6.07) is 6.95. The normalized spacial score (nSPS) is 10.1. The summed E-state index contributed by atoms with van der Waals surface area (Å²) in [5, 5.41) is 12.7. The molecule has 1 aromatic heterocycles. The van der Waals surface area contributed by atoms with Crippen LogP contribution in [0.5, 0.6) is 0 Å². The molecule has 1 heterocycles. The van der Waals surface area contributed by atoms with E-state index in [1.165, 1.54) is 29.1 Å². The van der Waals surface area contributed by atoms with Gasteiger partial charge in [-0.3, -0.25) is 4.79 Å². The number of benzene rings is 1. The van der Waals surface area contributed by atoms with Crippen molar-refractivity contribution < 1.29 is 4.39 Å². The minimum Gasteiger partial charge on any atom is -0.288 e. The first-order valence-electron chi connectivity index (χ1n) is 5.00. The van der Waals surface area contributed by atoms with E-state index in [0.717, 1.165) is 6.07 Å². The smallest absolute Gasteiger partial charge is 0.204 e. The van der Waals surface area contributed by atoms with Gasteiger partial charge in [0.2, 0.25) is 5.43 Å². The van der Waals surface area contributed by atoms with Gasteiger partial charge in [0.15, 0.2) is 0 Å². The Kier molecular flexibility index (Phi) is 3.40. The van der Waals surface area contributed by atoms with Crippen molar-refractivity contribution in [1.82, 2.24) is 9.78 Å². The first-order chi connectivity index (χ1) is 8.63. The number of rotatable bonds is 2. The van der Waals surface area contributed by atoms with Crippen LogP contribution in [0.15, 0.2) is 35.3 Å². The molecule has 0 aliphatic heterocycles. The molecule has 0 bridgehead atoms. The van der Waals surface area contributed by atoms with Gasteiger partial charge >= 0.3 is 0 Å². The van der Waals surface area contributed by atoms with E-state index >= 15 is 0 Å². The summed E-state index contributed by atoms with van der Waals surface area (Å²) in [4.78, 5) is 11.3. The Hall–Kier alpha value is -2.19. The van der Waals surface area contributed by atoms with Crippen molar-refractivity contribution in [3.8, 4) is 11.8 Å². The van der Waals surface area contributed by atoms with E-state index in [-0.39, 0.29) is 22.6 Å². The van der Waals surface area contributed by atoms with Crippen molar-refractivity contribution in [2.75, 3.05) is 0 Å². The zero-order valence-corrected chi connectivity index (χ0v) is 9.86. The third kappa shape index (κ3) is 2.39. The Balaban J connectivity index is 2.59. The predicted molar refractivity (Wildman–Crippen MR) is 64.1 cm³/mol. The fourth-order valence-electron chi connectivity index (χ4n) is 1.45. The topological polar surface area (TPSA) is 58.7 Å². The van der Waals surface area contributed by atoms with Gasteiger partial charge in [0, 0.05) is 12.3 Å². The van der Waals surface area contributed by atoms with Gasteiger partial charge in [-0.1, -0.05) is 0 Å². The Bertz CT molecular complexity index is 690. The molecule has 1 aromatic carbocycles. The van der Waals surface area contributed by atoms with Gasteiger partial charge in [-0.15, -0.1) is 11.6 Å². The van der Waals surface area contributed by atoms with Crippen LogP contribution in [0.1, 0.15) is 11.3 Å². The zero-order valence-electron chi connectivity index (χ0n) is 9.10. The molecule has 6 heteroatoms. The van der Waals surface area contributed by atoms with E-state index in [9.17, 15) is 9.18 Å². The van der Waals surface area contributed by atoms with Crippen molar-refractivity contribution in [2.24, 2.45) is 0 Å². The number of nitriles is 1. The van der Waals surface area contributed by atoms with Gasteiger partial charge < -0.3 is 0 Å². The van der Waals surface area contributed by atoms with Crippen LogP contribution in [0.2, 0.25) is 0 Å². The molecule has 0 saturated heterocycles. The molecule has 18 heavy (non-hydrogen) atoms. The van der Waals surface area contributed by atoms with E-state index in [4.69, 9.17) is 16.9 Å². The molecule has 4 nitrogen and oxygen atoms in total. The second kappa shape index (κ2) is 4.98. The third-order valence-corrected chi connectivity index (χ3v) is 2.54. The number of aromatic nitrogens is 2. The second-order valence-electron chi connectivity index (χ2n) is 3.51. The molecule has 0 aliphatic carbocycles. The highest BCUT2D eigenvalue weighted by atomic mass is 35.5. The maximum Gasteiger partial charge on any atom is 0.204 e. The van der Waals surface area contributed by atoms with Crippen molar-refractivity contribution in [2.45, 2.75) is 5.88 Å². The lowest BCUT2D eigenvalue weighted by Gasteiger charge is -2.06. The summed E-state index contributed by atoms with van der Waals surface area (Å²) in [5.74, 6) is -0.572. The van der Waals surface area contributed by atoms with Crippen molar-refractivity contribution in [3.63, 3.8) is 0 Å². The maximum atomic E-state index is 13.3. The van der Waals surface area contributed by atoms with Crippen LogP contribution in [0.25, 0.3) is 5.69 Å². The quantitative estimate of drug-likeness (QED) is 0.779. The van der Waals surface area contributed by atoms with Gasteiger partial charge in [-0.05, 0) is 18.2 Å². The van der Waals surface area contributed by atoms with Crippen LogP contribution in [-0.4, -0.2) is 9.78 Å². The van der Waals surface area contributed by atoms with Crippen molar-refractivity contribution in [1.29, 1.82) is 5.26 Å². The van der Waals surface area contributed by atoms with E-state index in [1.54, 1.807) is 0 Å². The molecule has 0 unspecified atom stereocenters. The monoisotopic (exact) mass is 263 g/mol. The van der Waals surface area contributed by atoms with Gasteiger partial charge in [0.25, 0.3) is 0 Å². The third-order valence-electron chi connectivity index (χ3n) is 2.28. The number of nitrogens with zero attached hydrogens (tertiary/aromatic N) is 3. The number of hydrogen-bond donors (Lipinski definition) is 0. The highest BCUT2D eigenvalue weighted by Crippen LogP contribution is 2.12. The molecule has 0 atom stereocenters. The van der Waals surface area contributed by atoms with E-state index in [0.29, 0.717) is 5.69 Å². The summed E-state index contributed by atoms with van der Waals surface area (Å²) >= 11 is 5.58.